The maximum absolute atomic E-state index is 11.9. The van der Waals surface area contributed by atoms with E-state index >= 15 is 0 Å². The average molecular weight is 258 g/mol. The highest BCUT2D eigenvalue weighted by molar-refractivity contribution is 7.89. The molecule has 0 radical (unpaired) electrons. The minimum atomic E-state index is -3.50. The molecule has 0 bridgehead atoms. The summed E-state index contributed by atoms with van der Waals surface area (Å²) in [6, 6.07) is 5.58. The van der Waals surface area contributed by atoms with Crippen molar-refractivity contribution in [2.45, 2.75) is 25.1 Å². The Morgan fingerprint density at radius 3 is 2.75 bits per heavy atom. The molecule has 1 aromatic rings. The predicted octanol–water partition coefficient (Wildman–Crippen LogP) is 1.81. The number of nitrogens with zero attached hydrogens (tertiary/aromatic N) is 2. The maximum Gasteiger partial charge on any atom is 0.230 e. The first-order chi connectivity index (χ1) is 7.52. The molecule has 0 saturated carbocycles. The Bertz CT molecular complexity index is 460. The van der Waals surface area contributed by atoms with Crippen LogP contribution in [0.4, 0.5) is 0 Å². The third-order valence-corrected chi connectivity index (χ3v) is 5.28. The normalized spacial score (nSPS) is 13.6. The van der Waals surface area contributed by atoms with Gasteiger partial charge in [0.2, 0.25) is 10.0 Å². The van der Waals surface area contributed by atoms with Gasteiger partial charge in [0.05, 0.1) is 6.07 Å². The maximum atomic E-state index is 11.9. The van der Waals surface area contributed by atoms with Gasteiger partial charge < -0.3 is 0 Å². The van der Waals surface area contributed by atoms with Crippen molar-refractivity contribution in [3.05, 3.63) is 22.4 Å². The minimum absolute atomic E-state index is 0.313. The van der Waals surface area contributed by atoms with E-state index in [2.05, 4.69) is 0 Å². The zero-order chi connectivity index (χ0) is 12.2. The summed E-state index contributed by atoms with van der Waals surface area (Å²) >= 11 is 1.51. The van der Waals surface area contributed by atoms with Crippen LogP contribution in [-0.4, -0.2) is 25.0 Å². The number of hydrogen-bond acceptors (Lipinski definition) is 4. The van der Waals surface area contributed by atoms with Crippen molar-refractivity contribution in [3.8, 4) is 6.07 Å². The second kappa shape index (κ2) is 5.43. The number of sulfonamides is 1. The molecule has 88 valence electrons. The molecule has 0 N–H and O–H groups in total. The number of nitriles is 1. The lowest BCUT2D eigenvalue weighted by Gasteiger charge is -2.18. The molecule has 16 heavy (non-hydrogen) atoms. The molecule has 0 spiro atoms. The SMILES string of the molecule is CCC(C#N)S(=O)(=O)N(C)Cc1cccs1. The second-order valence-electron chi connectivity index (χ2n) is 3.41. The first-order valence-electron chi connectivity index (χ1n) is 4.89. The van der Waals surface area contributed by atoms with E-state index in [1.165, 1.54) is 22.7 Å². The van der Waals surface area contributed by atoms with Gasteiger partial charge in [0.1, 0.15) is 0 Å². The van der Waals surface area contributed by atoms with Crippen LogP contribution in [0.1, 0.15) is 18.2 Å². The molecule has 0 aliphatic carbocycles. The topological polar surface area (TPSA) is 61.2 Å². The Hall–Kier alpha value is -0.900. The summed E-state index contributed by atoms with van der Waals surface area (Å²) in [4.78, 5) is 0.971. The van der Waals surface area contributed by atoms with Crippen LogP contribution < -0.4 is 0 Å². The molecule has 1 unspecified atom stereocenters. The predicted molar refractivity (Wildman–Crippen MR) is 64.4 cm³/mol. The van der Waals surface area contributed by atoms with Crippen molar-refractivity contribution >= 4 is 21.4 Å². The summed E-state index contributed by atoms with van der Waals surface area (Å²) in [5, 5.41) is 9.74. The summed E-state index contributed by atoms with van der Waals surface area (Å²) in [6.07, 6.45) is 0.313. The fraction of sp³-hybridized carbons (Fsp3) is 0.500. The molecule has 1 atom stereocenters. The highest BCUT2D eigenvalue weighted by Crippen LogP contribution is 2.16. The first kappa shape index (κ1) is 13.2. The smallest absolute Gasteiger partial charge is 0.211 e. The molecule has 1 rings (SSSR count). The highest BCUT2D eigenvalue weighted by atomic mass is 32.2. The molecular formula is C10H14N2O2S2. The van der Waals surface area contributed by atoms with Crippen molar-refractivity contribution in [1.82, 2.24) is 4.31 Å². The van der Waals surface area contributed by atoms with Crippen LogP contribution in [0.3, 0.4) is 0 Å². The van der Waals surface area contributed by atoms with Gasteiger partial charge in [-0.15, -0.1) is 11.3 Å². The van der Waals surface area contributed by atoms with Gasteiger partial charge in [0, 0.05) is 18.5 Å². The standard InChI is InChI=1S/C10H14N2O2S2/c1-3-10(7-11)16(13,14)12(2)8-9-5-4-6-15-9/h4-6,10H,3,8H2,1-2H3. The van der Waals surface area contributed by atoms with Gasteiger partial charge in [0.15, 0.2) is 5.25 Å². The van der Waals surface area contributed by atoms with Crippen molar-refractivity contribution in [3.63, 3.8) is 0 Å². The van der Waals surface area contributed by atoms with E-state index in [0.717, 1.165) is 4.88 Å². The summed E-state index contributed by atoms with van der Waals surface area (Å²) in [6.45, 7) is 2.03. The van der Waals surface area contributed by atoms with Crippen molar-refractivity contribution in [2.75, 3.05) is 7.05 Å². The van der Waals surface area contributed by atoms with Crippen LogP contribution in [-0.2, 0) is 16.6 Å². The molecule has 1 aromatic heterocycles. The monoisotopic (exact) mass is 258 g/mol. The van der Waals surface area contributed by atoms with Crippen molar-refractivity contribution < 1.29 is 8.42 Å². The van der Waals surface area contributed by atoms with Gasteiger partial charge in [0.25, 0.3) is 0 Å². The van der Waals surface area contributed by atoms with Gasteiger partial charge in [-0.1, -0.05) is 13.0 Å². The zero-order valence-corrected chi connectivity index (χ0v) is 10.9. The van der Waals surface area contributed by atoms with E-state index in [0.29, 0.717) is 13.0 Å². The lowest BCUT2D eigenvalue weighted by atomic mass is 10.4. The van der Waals surface area contributed by atoms with Crippen LogP contribution in [0.25, 0.3) is 0 Å². The van der Waals surface area contributed by atoms with E-state index in [-0.39, 0.29) is 0 Å². The van der Waals surface area contributed by atoms with Crippen molar-refractivity contribution in [2.24, 2.45) is 0 Å². The molecule has 1 heterocycles. The van der Waals surface area contributed by atoms with Crippen LogP contribution in [0.15, 0.2) is 17.5 Å². The summed E-state index contributed by atoms with van der Waals surface area (Å²) < 4.78 is 25.1. The third-order valence-electron chi connectivity index (χ3n) is 2.27. The quantitative estimate of drug-likeness (QED) is 0.809. The Morgan fingerprint density at radius 2 is 2.31 bits per heavy atom. The fourth-order valence-corrected chi connectivity index (χ4v) is 3.44. The molecule has 0 aliphatic heterocycles. The van der Waals surface area contributed by atoms with Gasteiger partial charge in [-0.25, -0.2) is 8.42 Å². The summed E-state index contributed by atoms with van der Waals surface area (Å²) in [7, 11) is -1.99. The lowest BCUT2D eigenvalue weighted by Crippen LogP contribution is -2.34. The van der Waals surface area contributed by atoms with Crippen LogP contribution in [0.5, 0.6) is 0 Å². The zero-order valence-electron chi connectivity index (χ0n) is 9.25. The number of hydrogen-bond donors (Lipinski definition) is 0. The Morgan fingerprint density at radius 1 is 1.62 bits per heavy atom. The highest BCUT2D eigenvalue weighted by Gasteiger charge is 2.28. The van der Waals surface area contributed by atoms with Crippen LogP contribution in [0.2, 0.25) is 0 Å². The minimum Gasteiger partial charge on any atom is -0.211 e. The van der Waals surface area contributed by atoms with Gasteiger partial charge in [-0.3, -0.25) is 0 Å². The molecule has 4 nitrogen and oxygen atoms in total. The molecule has 6 heteroatoms. The van der Waals surface area contributed by atoms with E-state index < -0.39 is 15.3 Å². The fourth-order valence-electron chi connectivity index (χ4n) is 1.30. The Labute approximate surface area is 100 Å². The molecule has 0 saturated heterocycles. The summed E-state index contributed by atoms with van der Waals surface area (Å²) in [5.74, 6) is 0. The number of rotatable bonds is 5. The van der Waals surface area contributed by atoms with E-state index in [4.69, 9.17) is 5.26 Å². The van der Waals surface area contributed by atoms with Gasteiger partial charge in [-0.2, -0.15) is 9.57 Å². The second-order valence-corrected chi connectivity index (χ2v) is 6.66. The first-order valence-corrected chi connectivity index (χ1v) is 7.27. The Balaban J connectivity index is 2.81. The third kappa shape index (κ3) is 2.82. The molecular weight excluding hydrogens is 244 g/mol. The van der Waals surface area contributed by atoms with Crippen LogP contribution in [0, 0.1) is 11.3 Å². The van der Waals surface area contributed by atoms with Gasteiger partial charge >= 0.3 is 0 Å². The van der Waals surface area contributed by atoms with E-state index in [1.54, 1.807) is 6.92 Å². The van der Waals surface area contributed by atoms with Crippen molar-refractivity contribution in [1.29, 1.82) is 5.26 Å². The molecule has 0 aromatic carbocycles. The van der Waals surface area contributed by atoms with E-state index in [1.807, 2.05) is 23.6 Å². The van der Waals surface area contributed by atoms with Gasteiger partial charge in [-0.05, 0) is 17.9 Å². The summed E-state index contributed by atoms with van der Waals surface area (Å²) in [5.41, 5.74) is 0. The molecule has 0 fully saturated rings. The molecule has 0 amide bonds. The molecule has 0 aliphatic rings. The largest absolute Gasteiger partial charge is 0.230 e. The number of thiophene rings is 1. The van der Waals surface area contributed by atoms with Crippen LogP contribution >= 0.6 is 11.3 Å². The Kier molecular flexibility index (Phi) is 4.47. The van der Waals surface area contributed by atoms with E-state index in [9.17, 15) is 8.42 Å². The average Bonchev–Trinajstić information content (AvgIpc) is 2.71. The lowest BCUT2D eigenvalue weighted by molar-refractivity contribution is 0.463.